The Kier molecular flexibility index (Phi) is 7.43. The lowest BCUT2D eigenvalue weighted by Crippen LogP contribution is -2.41. The predicted octanol–water partition coefficient (Wildman–Crippen LogP) is 6.11. The number of ether oxygens (including phenoxy) is 4. The highest BCUT2D eigenvalue weighted by molar-refractivity contribution is 9.10. The predicted molar refractivity (Wildman–Crippen MR) is 127 cm³/mol. The minimum Gasteiger partial charge on any atom is -0.493 e. The molecule has 2 aromatic rings. The van der Waals surface area contributed by atoms with Crippen LogP contribution in [0.15, 0.2) is 34.8 Å². The molecule has 0 radical (unpaired) electrons. The summed E-state index contributed by atoms with van der Waals surface area (Å²) in [6.07, 6.45) is 1.08. The second kappa shape index (κ2) is 9.70. The molecule has 0 fully saturated rings. The number of rotatable bonds is 8. The summed E-state index contributed by atoms with van der Waals surface area (Å²) in [7, 11) is 1.67. The minimum atomic E-state index is 0.0331. The molecule has 3 rings (SSSR count). The zero-order valence-corrected chi connectivity index (χ0v) is 21.0. The summed E-state index contributed by atoms with van der Waals surface area (Å²) in [6.45, 7) is 13.6. The van der Waals surface area contributed by atoms with Crippen LogP contribution >= 0.6 is 15.9 Å². The van der Waals surface area contributed by atoms with Gasteiger partial charge in [0.2, 0.25) is 0 Å². The Morgan fingerprint density at radius 1 is 0.968 bits per heavy atom. The van der Waals surface area contributed by atoms with Gasteiger partial charge in [0.05, 0.1) is 11.6 Å². The van der Waals surface area contributed by atoms with Crippen LogP contribution in [0.1, 0.15) is 52.2 Å². The Hall–Kier alpha value is -1.92. The SMILES string of the molecule is COc1cc(CNC(C)(C)CC(C)(C)C)cc(Br)c1OCc1ccc2c(c1)OCCO2. The molecular weight excluding hydrogens is 458 g/mol. The third kappa shape index (κ3) is 6.78. The molecule has 0 saturated carbocycles. The summed E-state index contributed by atoms with van der Waals surface area (Å²) in [4.78, 5) is 0. The van der Waals surface area contributed by atoms with Crippen molar-refractivity contribution in [2.45, 2.75) is 59.7 Å². The van der Waals surface area contributed by atoms with Gasteiger partial charge in [-0.05, 0) is 77.0 Å². The molecule has 0 atom stereocenters. The van der Waals surface area contributed by atoms with Gasteiger partial charge >= 0.3 is 0 Å². The maximum absolute atomic E-state index is 6.11. The summed E-state index contributed by atoms with van der Waals surface area (Å²) in [5, 5.41) is 3.67. The van der Waals surface area contributed by atoms with Crippen LogP contribution in [0, 0.1) is 5.41 Å². The Balaban J connectivity index is 1.68. The van der Waals surface area contributed by atoms with Gasteiger partial charge in [-0.15, -0.1) is 0 Å². The normalized spacial score (nSPS) is 13.8. The number of methoxy groups -OCH3 is 1. The molecule has 1 aliphatic rings. The number of benzene rings is 2. The molecule has 31 heavy (non-hydrogen) atoms. The topological polar surface area (TPSA) is 49.0 Å². The molecule has 2 aromatic carbocycles. The van der Waals surface area contributed by atoms with E-state index in [0.717, 1.165) is 40.1 Å². The highest BCUT2D eigenvalue weighted by Gasteiger charge is 2.25. The van der Waals surface area contributed by atoms with Gasteiger partial charge in [0.15, 0.2) is 23.0 Å². The lowest BCUT2D eigenvalue weighted by atomic mass is 9.82. The van der Waals surface area contributed by atoms with Gasteiger partial charge in [-0.25, -0.2) is 0 Å². The van der Waals surface area contributed by atoms with E-state index in [0.29, 0.717) is 31.3 Å². The van der Waals surface area contributed by atoms with Crippen molar-refractivity contribution >= 4 is 15.9 Å². The zero-order valence-electron chi connectivity index (χ0n) is 19.4. The number of nitrogens with one attached hydrogen (secondary N) is 1. The molecule has 0 saturated heterocycles. The van der Waals surface area contributed by atoms with Crippen LogP contribution in [0.5, 0.6) is 23.0 Å². The molecule has 0 spiro atoms. The van der Waals surface area contributed by atoms with Crippen LogP contribution in [0.2, 0.25) is 0 Å². The largest absolute Gasteiger partial charge is 0.493 e. The molecule has 0 aliphatic carbocycles. The highest BCUT2D eigenvalue weighted by atomic mass is 79.9. The first-order valence-corrected chi connectivity index (χ1v) is 11.5. The Bertz CT molecular complexity index is 905. The Morgan fingerprint density at radius 3 is 2.35 bits per heavy atom. The van der Waals surface area contributed by atoms with Crippen molar-refractivity contribution < 1.29 is 18.9 Å². The van der Waals surface area contributed by atoms with Gasteiger partial charge in [-0.3, -0.25) is 0 Å². The Labute approximate surface area is 194 Å². The smallest absolute Gasteiger partial charge is 0.175 e. The van der Waals surface area contributed by atoms with E-state index in [1.807, 2.05) is 24.3 Å². The first-order chi connectivity index (χ1) is 14.6. The quantitative estimate of drug-likeness (QED) is 0.482. The van der Waals surface area contributed by atoms with Crippen LogP contribution in [-0.4, -0.2) is 25.9 Å². The number of fused-ring (bicyclic) bond motifs is 1. The fourth-order valence-corrected chi connectivity index (χ4v) is 4.68. The average molecular weight is 492 g/mol. The summed E-state index contributed by atoms with van der Waals surface area (Å²) < 4.78 is 23.9. The van der Waals surface area contributed by atoms with Gasteiger partial charge in [0.1, 0.15) is 19.8 Å². The molecule has 0 unspecified atom stereocenters. The van der Waals surface area contributed by atoms with Crippen molar-refractivity contribution in [3.05, 3.63) is 45.9 Å². The zero-order chi connectivity index (χ0) is 22.6. The minimum absolute atomic E-state index is 0.0331. The summed E-state index contributed by atoms with van der Waals surface area (Å²) in [6, 6.07) is 9.99. The molecule has 0 bridgehead atoms. The highest BCUT2D eigenvalue weighted by Crippen LogP contribution is 2.38. The van der Waals surface area contributed by atoms with Crippen molar-refractivity contribution in [3.63, 3.8) is 0 Å². The van der Waals surface area contributed by atoms with Crippen LogP contribution in [0.4, 0.5) is 0 Å². The van der Waals surface area contributed by atoms with E-state index in [4.69, 9.17) is 18.9 Å². The van der Waals surface area contributed by atoms with Crippen LogP contribution in [0.25, 0.3) is 0 Å². The lowest BCUT2D eigenvalue weighted by Gasteiger charge is -2.33. The maximum Gasteiger partial charge on any atom is 0.175 e. The molecule has 0 amide bonds. The van der Waals surface area contributed by atoms with Gasteiger partial charge in [-0.1, -0.05) is 26.8 Å². The molecular formula is C25H34BrNO4. The molecule has 170 valence electrons. The van der Waals surface area contributed by atoms with E-state index in [2.05, 4.69) is 61.9 Å². The van der Waals surface area contributed by atoms with E-state index < -0.39 is 0 Å². The fraction of sp³-hybridized carbons (Fsp3) is 0.520. The van der Waals surface area contributed by atoms with Crippen LogP contribution in [-0.2, 0) is 13.2 Å². The molecule has 5 nitrogen and oxygen atoms in total. The monoisotopic (exact) mass is 491 g/mol. The molecule has 1 N–H and O–H groups in total. The van der Waals surface area contributed by atoms with Crippen molar-refractivity contribution in [1.82, 2.24) is 5.32 Å². The average Bonchev–Trinajstić information content (AvgIpc) is 2.69. The first-order valence-electron chi connectivity index (χ1n) is 10.7. The van der Waals surface area contributed by atoms with E-state index in [1.165, 1.54) is 0 Å². The Morgan fingerprint density at radius 2 is 1.68 bits per heavy atom. The fourth-order valence-electron chi connectivity index (χ4n) is 4.08. The van der Waals surface area contributed by atoms with Gasteiger partial charge < -0.3 is 24.3 Å². The van der Waals surface area contributed by atoms with Crippen molar-refractivity contribution in [2.75, 3.05) is 20.3 Å². The summed E-state index contributed by atoms with van der Waals surface area (Å²) >= 11 is 3.66. The number of halogens is 1. The van der Waals surface area contributed by atoms with E-state index in [-0.39, 0.29) is 11.0 Å². The first kappa shape index (κ1) is 23.7. The number of hydrogen-bond donors (Lipinski definition) is 1. The second-order valence-corrected chi connectivity index (χ2v) is 10.7. The van der Waals surface area contributed by atoms with Crippen LogP contribution < -0.4 is 24.3 Å². The molecule has 1 heterocycles. The maximum atomic E-state index is 6.11. The standard InChI is InChI=1S/C25H34BrNO4/c1-24(2,3)16-25(4,5)27-14-18-11-19(26)23(22(13-18)28-6)31-15-17-7-8-20-21(12-17)30-10-9-29-20/h7-8,11-13,27H,9-10,14-16H2,1-6H3. The van der Waals surface area contributed by atoms with Gasteiger partial charge in [0.25, 0.3) is 0 Å². The third-order valence-electron chi connectivity index (χ3n) is 5.02. The molecule has 0 aromatic heterocycles. The molecule has 1 aliphatic heterocycles. The van der Waals surface area contributed by atoms with E-state index in [1.54, 1.807) is 7.11 Å². The lowest BCUT2D eigenvalue weighted by molar-refractivity contribution is 0.171. The van der Waals surface area contributed by atoms with Crippen molar-refractivity contribution in [2.24, 2.45) is 5.41 Å². The van der Waals surface area contributed by atoms with E-state index >= 15 is 0 Å². The third-order valence-corrected chi connectivity index (χ3v) is 5.61. The van der Waals surface area contributed by atoms with E-state index in [9.17, 15) is 0 Å². The van der Waals surface area contributed by atoms with Gasteiger partial charge in [0, 0.05) is 12.1 Å². The van der Waals surface area contributed by atoms with Gasteiger partial charge in [-0.2, -0.15) is 0 Å². The van der Waals surface area contributed by atoms with Crippen molar-refractivity contribution in [3.8, 4) is 23.0 Å². The summed E-state index contributed by atoms with van der Waals surface area (Å²) in [5.74, 6) is 2.94. The molecule has 6 heteroatoms. The van der Waals surface area contributed by atoms with Crippen LogP contribution in [0.3, 0.4) is 0 Å². The van der Waals surface area contributed by atoms with Crippen molar-refractivity contribution in [1.29, 1.82) is 0 Å². The summed E-state index contributed by atoms with van der Waals surface area (Å²) in [5.41, 5.74) is 2.44. The second-order valence-electron chi connectivity index (χ2n) is 9.85. The number of hydrogen-bond acceptors (Lipinski definition) is 5.